The molecule has 0 aromatic carbocycles. The topological polar surface area (TPSA) is 58.5 Å². The molecule has 0 aromatic rings. The van der Waals surface area contributed by atoms with Crippen LogP contribution < -0.4 is 0 Å². The first-order valence-electron chi connectivity index (χ1n) is 2.06. The Morgan fingerprint density at radius 1 is 1.43 bits per heavy atom. The minimum absolute atomic E-state index is 0. The van der Waals surface area contributed by atoms with Crippen molar-refractivity contribution in [1.82, 2.24) is 0 Å². The molecule has 0 unspecified atom stereocenters. The summed E-state index contributed by atoms with van der Waals surface area (Å²) < 4.78 is 1.34. The van der Waals surface area contributed by atoms with Crippen LogP contribution in [0, 0.1) is 0 Å². The van der Waals surface area contributed by atoms with Gasteiger partial charge in [0.25, 0.3) is 0 Å². The van der Waals surface area contributed by atoms with Crippen molar-refractivity contribution in [3.63, 3.8) is 0 Å². The molecule has 2 nitrogen and oxygen atoms in total. The van der Waals surface area contributed by atoms with Crippen molar-refractivity contribution in [3.8, 4) is 0 Å². The quantitative estimate of drug-likeness (QED) is 0.532. The van der Waals surface area contributed by atoms with E-state index in [-0.39, 0.29) is 11.0 Å². The third-order valence-corrected chi connectivity index (χ3v) is 1.08. The van der Waals surface area contributed by atoms with E-state index in [9.17, 15) is 0 Å². The summed E-state index contributed by atoms with van der Waals surface area (Å²) in [5.41, 5.74) is 0. The first-order chi connectivity index (χ1) is 2.41. The van der Waals surface area contributed by atoms with E-state index in [1.165, 1.54) is 17.6 Å². The molecule has 0 rings (SSSR count). The van der Waals surface area contributed by atoms with Crippen molar-refractivity contribution < 1.29 is 31.4 Å². The standard InChI is InChI=1S/C4H9.H2O.O.Ti/c1-3-4-2;;;/h1,3-4H2,2H3;1H2;;/q;;-2;+3/p-1. The van der Waals surface area contributed by atoms with Crippen LogP contribution in [0.25, 0.3) is 0 Å². The van der Waals surface area contributed by atoms with Crippen LogP contribution in [-0.4, -0.2) is 5.48 Å². The van der Waals surface area contributed by atoms with Crippen molar-refractivity contribution in [3.05, 3.63) is 0 Å². The van der Waals surface area contributed by atoms with Crippen LogP contribution >= 0.6 is 0 Å². The van der Waals surface area contributed by atoms with E-state index in [4.69, 9.17) is 0 Å². The molecule has 0 atom stereocenters. The molecular weight excluding hydrogens is 128 g/mol. The van der Waals surface area contributed by atoms with Gasteiger partial charge in [0.15, 0.2) is 0 Å². The van der Waals surface area contributed by atoms with E-state index >= 15 is 0 Å². The first-order valence-corrected chi connectivity index (χ1v) is 3.16. The van der Waals surface area contributed by atoms with Crippen LogP contribution in [-0.2, 0) is 25.9 Å². The summed E-state index contributed by atoms with van der Waals surface area (Å²) in [5, 5.41) is 0. The maximum Gasteiger partial charge on any atom is -0.870 e. The molecule has 0 aliphatic rings. The van der Waals surface area contributed by atoms with Gasteiger partial charge in [-0.2, -0.15) is 0 Å². The Morgan fingerprint density at radius 2 is 1.86 bits per heavy atom. The average Bonchev–Trinajstić information content (AvgIpc) is 1.41. The normalized spacial score (nSPS) is 6.14. The van der Waals surface area contributed by atoms with E-state index < -0.39 is 0 Å². The molecule has 0 amide bonds. The van der Waals surface area contributed by atoms with Crippen molar-refractivity contribution in [2.45, 2.75) is 24.5 Å². The molecule has 0 aromatic heterocycles. The summed E-state index contributed by atoms with van der Waals surface area (Å²) in [4.78, 5) is 0. The summed E-state index contributed by atoms with van der Waals surface area (Å²) >= 11 is 2.21. The molecule has 0 aliphatic carbocycles. The second-order valence-corrected chi connectivity index (χ2v) is 1.88. The van der Waals surface area contributed by atoms with Crippen LogP contribution in [0.5, 0.6) is 0 Å². The van der Waals surface area contributed by atoms with E-state index in [2.05, 4.69) is 27.4 Å². The number of unbranched alkanes of at least 4 members (excludes halogenated alkanes) is 1. The molecule has 42 valence electrons. The van der Waals surface area contributed by atoms with Crippen LogP contribution in [0.2, 0.25) is 4.73 Å². The number of hydrogen-bond donors (Lipinski definition) is 0. The third-order valence-electron chi connectivity index (χ3n) is 0.530. The fourth-order valence-electron chi connectivity index (χ4n) is 0.177. The maximum atomic E-state index is 2.21. The van der Waals surface area contributed by atoms with Gasteiger partial charge in [0, 0.05) is 0 Å². The molecule has 3 heteroatoms. The smallest absolute Gasteiger partial charge is 0.870 e. The molecule has 0 saturated heterocycles. The van der Waals surface area contributed by atoms with Crippen molar-refractivity contribution in [2.75, 3.05) is 0 Å². The van der Waals surface area contributed by atoms with Gasteiger partial charge in [-0.15, -0.1) is 0 Å². The minimum Gasteiger partial charge on any atom is -2.00 e. The van der Waals surface area contributed by atoms with E-state index in [1.54, 1.807) is 0 Å². The Bertz CT molecular complexity index is 17.2. The average molecular weight is 138 g/mol. The van der Waals surface area contributed by atoms with Crippen LogP contribution in [0.4, 0.5) is 0 Å². The Hall–Kier alpha value is 0.634. The fraction of sp³-hybridized carbons (Fsp3) is 1.00. The monoisotopic (exact) mass is 138 g/mol. The molecule has 0 saturated carbocycles. The van der Waals surface area contributed by atoms with Gasteiger partial charge >= 0.3 is 44.9 Å². The predicted molar refractivity (Wildman–Crippen MR) is 22.3 cm³/mol. The summed E-state index contributed by atoms with van der Waals surface area (Å²) in [6.45, 7) is 2.21. The van der Waals surface area contributed by atoms with Gasteiger partial charge in [-0.3, -0.25) is 0 Å². The van der Waals surface area contributed by atoms with E-state index in [1.807, 2.05) is 0 Å². The first kappa shape index (κ1) is 15.6. The Balaban J connectivity index is -0.0000000800. The fourth-order valence-corrected chi connectivity index (χ4v) is 0.729. The molecule has 0 bridgehead atoms. The zero-order valence-electron chi connectivity index (χ0n) is 4.48. The maximum absolute atomic E-state index is 2.21. The largest absolute Gasteiger partial charge is 2.00 e. The zero-order valence-corrected chi connectivity index (χ0v) is 6.04. The van der Waals surface area contributed by atoms with Gasteiger partial charge < -0.3 is 11.0 Å². The summed E-state index contributed by atoms with van der Waals surface area (Å²) in [6.07, 6.45) is 2.73. The van der Waals surface area contributed by atoms with Crippen molar-refractivity contribution in [1.29, 1.82) is 0 Å². The predicted octanol–water partition coefficient (Wildman–Crippen LogP) is 1.46. The summed E-state index contributed by atoms with van der Waals surface area (Å²) in [7, 11) is 0. The van der Waals surface area contributed by atoms with Gasteiger partial charge in [-0.1, -0.05) is 0 Å². The zero-order chi connectivity index (χ0) is 4.12. The molecule has 1 N–H and O–H groups in total. The molecule has 0 radical (unpaired) electrons. The van der Waals surface area contributed by atoms with E-state index in [0.717, 1.165) is 0 Å². The van der Waals surface area contributed by atoms with Gasteiger partial charge in [0.05, 0.1) is 0 Å². The Kier molecular flexibility index (Phi) is 35.6. The molecule has 7 heavy (non-hydrogen) atoms. The molecular formula is C4H10O2Ti. The third kappa shape index (κ3) is 20.5. The number of hydrogen-bond acceptors (Lipinski definition) is 1. The summed E-state index contributed by atoms with van der Waals surface area (Å²) in [5.74, 6) is 0. The second-order valence-electron chi connectivity index (χ2n) is 1.10. The SMILES string of the molecule is CCC[CH2][Ti+3].[O-2].[OH-]. The van der Waals surface area contributed by atoms with Gasteiger partial charge in [0.1, 0.15) is 0 Å². The molecule has 0 heterocycles. The molecule has 0 spiro atoms. The van der Waals surface area contributed by atoms with Gasteiger partial charge in [-0.05, 0) is 0 Å². The van der Waals surface area contributed by atoms with Crippen LogP contribution in [0.15, 0.2) is 0 Å². The summed E-state index contributed by atoms with van der Waals surface area (Å²) in [6, 6.07) is 0. The Morgan fingerprint density at radius 3 is 1.86 bits per heavy atom. The van der Waals surface area contributed by atoms with Crippen molar-refractivity contribution >= 4 is 0 Å². The molecule has 0 fully saturated rings. The number of rotatable bonds is 2. The van der Waals surface area contributed by atoms with Gasteiger partial charge in [-0.25, -0.2) is 0 Å². The molecule has 0 aliphatic heterocycles. The van der Waals surface area contributed by atoms with E-state index in [0.29, 0.717) is 0 Å². The second kappa shape index (κ2) is 15.9. The van der Waals surface area contributed by atoms with Crippen LogP contribution in [0.1, 0.15) is 19.8 Å². The van der Waals surface area contributed by atoms with Crippen molar-refractivity contribution in [2.24, 2.45) is 0 Å². The Labute approximate surface area is 56.3 Å². The van der Waals surface area contributed by atoms with Crippen LogP contribution in [0.3, 0.4) is 0 Å². The minimum atomic E-state index is 0. The van der Waals surface area contributed by atoms with Gasteiger partial charge in [0.2, 0.25) is 0 Å².